The van der Waals surface area contributed by atoms with Crippen molar-refractivity contribution in [3.63, 3.8) is 0 Å². The predicted octanol–water partition coefficient (Wildman–Crippen LogP) is 1.45. The average Bonchev–Trinajstić information content (AvgIpc) is 2.33. The van der Waals surface area contributed by atoms with Crippen LogP contribution in [0.1, 0.15) is 0 Å². The third kappa shape index (κ3) is 3.37. The summed E-state index contributed by atoms with van der Waals surface area (Å²) in [6.45, 7) is 7.57. The van der Waals surface area contributed by atoms with Crippen molar-refractivity contribution in [3.8, 4) is 0 Å². The molecule has 0 fully saturated rings. The standard InChI is InChI=1S/C9H20O4Si2/c1-7-14(8-2,10-3)9-15(11-4,12-5)13-6/h7-8H,1-2,9H2,3-6H3. The molecular weight excluding hydrogens is 228 g/mol. The summed E-state index contributed by atoms with van der Waals surface area (Å²) in [5.41, 5.74) is 4.20. The Morgan fingerprint density at radius 3 is 1.47 bits per heavy atom. The molecule has 15 heavy (non-hydrogen) atoms. The predicted molar refractivity (Wildman–Crippen MR) is 64.7 cm³/mol. The maximum Gasteiger partial charge on any atom is 0.500 e. The highest BCUT2D eigenvalue weighted by Crippen LogP contribution is 2.23. The first-order valence-electron chi connectivity index (χ1n) is 4.55. The van der Waals surface area contributed by atoms with Gasteiger partial charge in [0, 0.05) is 34.1 Å². The van der Waals surface area contributed by atoms with E-state index in [0.29, 0.717) is 5.67 Å². The van der Waals surface area contributed by atoms with Gasteiger partial charge in [-0.3, -0.25) is 0 Å². The molecule has 4 nitrogen and oxygen atoms in total. The fourth-order valence-electron chi connectivity index (χ4n) is 1.27. The quantitative estimate of drug-likeness (QED) is 0.609. The van der Waals surface area contributed by atoms with Gasteiger partial charge in [-0.2, -0.15) is 0 Å². The molecule has 0 radical (unpaired) electrons. The molecule has 0 N–H and O–H groups in total. The molecule has 0 aliphatic rings. The monoisotopic (exact) mass is 248 g/mol. The van der Waals surface area contributed by atoms with Gasteiger partial charge in [0.25, 0.3) is 0 Å². The Bertz CT molecular complexity index is 200. The van der Waals surface area contributed by atoms with Gasteiger partial charge in [0.2, 0.25) is 8.32 Å². The van der Waals surface area contributed by atoms with E-state index in [0.717, 1.165) is 0 Å². The van der Waals surface area contributed by atoms with Crippen LogP contribution in [0.4, 0.5) is 0 Å². The smallest absolute Gasteiger partial charge is 0.412 e. The van der Waals surface area contributed by atoms with Crippen molar-refractivity contribution in [1.29, 1.82) is 0 Å². The van der Waals surface area contributed by atoms with Crippen LogP contribution in [0, 0.1) is 0 Å². The van der Waals surface area contributed by atoms with E-state index in [1.165, 1.54) is 0 Å². The van der Waals surface area contributed by atoms with Crippen LogP contribution < -0.4 is 0 Å². The minimum atomic E-state index is -2.62. The minimum Gasteiger partial charge on any atom is -0.412 e. The molecule has 0 amide bonds. The lowest BCUT2D eigenvalue weighted by Gasteiger charge is -2.31. The van der Waals surface area contributed by atoms with Gasteiger partial charge >= 0.3 is 8.80 Å². The second-order valence-corrected chi connectivity index (χ2v) is 10.2. The first-order chi connectivity index (χ1) is 7.07. The van der Waals surface area contributed by atoms with Crippen LogP contribution in [0.3, 0.4) is 0 Å². The van der Waals surface area contributed by atoms with Crippen LogP contribution in [0.25, 0.3) is 0 Å². The summed E-state index contributed by atoms with van der Waals surface area (Å²) in [6.07, 6.45) is 0. The van der Waals surface area contributed by atoms with Crippen molar-refractivity contribution >= 4 is 17.1 Å². The third-order valence-electron chi connectivity index (χ3n) is 2.50. The summed E-state index contributed by atoms with van der Waals surface area (Å²) in [4.78, 5) is 0. The lowest BCUT2D eigenvalue weighted by atomic mass is 11.2. The molecule has 0 saturated carbocycles. The van der Waals surface area contributed by atoms with E-state index in [9.17, 15) is 0 Å². The van der Waals surface area contributed by atoms with Crippen LogP contribution in [-0.2, 0) is 17.7 Å². The summed E-state index contributed by atoms with van der Waals surface area (Å²) >= 11 is 0. The second-order valence-electron chi connectivity index (χ2n) is 3.04. The molecule has 0 heterocycles. The normalized spacial score (nSPS) is 12.5. The highest BCUT2D eigenvalue weighted by Gasteiger charge is 2.47. The zero-order chi connectivity index (χ0) is 11.9. The molecule has 0 saturated heterocycles. The molecule has 0 aliphatic heterocycles. The summed E-state index contributed by atoms with van der Waals surface area (Å²) in [5.74, 6) is 0. The zero-order valence-corrected chi connectivity index (χ0v) is 11.9. The van der Waals surface area contributed by atoms with Gasteiger partial charge in [-0.15, -0.1) is 13.2 Å². The Hall–Kier alpha value is -0.246. The molecule has 6 heteroatoms. The van der Waals surface area contributed by atoms with Crippen molar-refractivity contribution < 1.29 is 17.7 Å². The topological polar surface area (TPSA) is 36.9 Å². The van der Waals surface area contributed by atoms with Gasteiger partial charge in [0.05, 0.1) is 0 Å². The molecule has 0 unspecified atom stereocenters. The summed E-state index contributed by atoms with van der Waals surface area (Å²) in [5, 5.41) is 0. The second kappa shape index (κ2) is 6.36. The van der Waals surface area contributed by atoms with Crippen molar-refractivity contribution in [3.05, 3.63) is 24.6 Å². The fraction of sp³-hybridized carbons (Fsp3) is 0.556. The van der Waals surface area contributed by atoms with Gasteiger partial charge in [0.1, 0.15) is 0 Å². The highest BCUT2D eigenvalue weighted by atomic mass is 28.4. The van der Waals surface area contributed by atoms with Gasteiger partial charge in [-0.05, 0) is 0 Å². The maximum absolute atomic E-state index is 5.49. The largest absolute Gasteiger partial charge is 0.500 e. The molecule has 0 aliphatic carbocycles. The summed E-state index contributed by atoms with van der Waals surface area (Å²) < 4.78 is 21.5. The Morgan fingerprint density at radius 1 is 0.867 bits per heavy atom. The van der Waals surface area contributed by atoms with E-state index in [-0.39, 0.29) is 0 Å². The van der Waals surface area contributed by atoms with Crippen LogP contribution in [0.5, 0.6) is 0 Å². The van der Waals surface area contributed by atoms with Gasteiger partial charge < -0.3 is 17.7 Å². The van der Waals surface area contributed by atoms with Crippen LogP contribution in [-0.4, -0.2) is 45.6 Å². The fourth-order valence-corrected chi connectivity index (χ4v) is 8.44. The average molecular weight is 248 g/mol. The van der Waals surface area contributed by atoms with Crippen LogP contribution >= 0.6 is 0 Å². The molecule has 0 spiro atoms. The number of rotatable bonds is 8. The first-order valence-corrected chi connectivity index (χ1v) is 8.75. The minimum absolute atomic E-state index is 0.590. The van der Waals surface area contributed by atoms with Crippen molar-refractivity contribution in [2.24, 2.45) is 0 Å². The van der Waals surface area contributed by atoms with Gasteiger partial charge in [-0.25, -0.2) is 0 Å². The Morgan fingerprint density at radius 2 is 1.27 bits per heavy atom. The molecular formula is C9H20O4Si2. The molecule has 0 rings (SSSR count). The van der Waals surface area contributed by atoms with E-state index in [4.69, 9.17) is 17.7 Å². The number of hydrogen-bond donors (Lipinski definition) is 0. The van der Waals surface area contributed by atoms with Crippen molar-refractivity contribution in [1.82, 2.24) is 0 Å². The SMILES string of the molecule is C=C[Si](C=C)(C[Si](OC)(OC)OC)OC. The van der Waals surface area contributed by atoms with E-state index < -0.39 is 17.1 Å². The molecule has 88 valence electrons. The third-order valence-corrected chi connectivity index (χ3v) is 10.4. The van der Waals surface area contributed by atoms with Crippen LogP contribution in [0.2, 0.25) is 5.67 Å². The van der Waals surface area contributed by atoms with E-state index in [1.807, 2.05) is 0 Å². The Balaban J connectivity index is 4.90. The molecule has 0 aromatic carbocycles. The van der Waals surface area contributed by atoms with Crippen LogP contribution in [0.15, 0.2) is 24.6 Å². The molecule has 0 aromatic rings. The molecule has 0 bridgehead atoms. The number of hydrogen-bond acceptors (Lipinski definition) is 4. The lowest BCUT2D eigenvalue weighted by molar-refractivity contribution is 0.127. The lowest BCUT2D eigenvalue weighted by Crippen LogP contribution is -2.52. The Labute approximate surface area is 94.0 Å². The van der Waals surface area contributed by atoms with E-state index in [2.05, 4.69) is 13.2 Å². The molecule has 0 atom stereocenters. The van der Waals surface area contributed by atoms with Gasteiger partial charge in [0.15, 0.2) is 0 Å². The molecule has 0 aromatic heterocycles. The Kier molecular flexibility index (Phi) is 6.26. The van der Waals surface area contributed by atoms with Crippen molar-refractivity contribution in [2.45, 2.75) is 5.67 Å². The zero-order valence-electron chi connectivity index (χ0n) is 9.91. The first kappa shape index (κ1) is 14.8. The summed E-state index contributed by atoms with van der Waals surface area (Å²) in [6, 6.07) is 0. The van der Waals surface area contributed by atoms with Gasteiger partial charge in [-0.1, -0.05) is 11.4 Å². The maximum atomic E-state index is 5.49. The highest BCUT2D eigenvalue weighted by molar-refractivity contribution is 6.93. The van der Waals surface area contributed by atoms with E-state index in [1.54, 1.807) is 39.8 Å². The van der Waals surface area contributed by atoms with Crippen molar-refractivity contribution in [2.75, 3.05) is 28.4 Å². The summed E-state index contributed by atoms with van der Waals surface area (Å²) in [7, 11) is 1.58. The van der Waals surface area contributed by atoms with E-state index >= 15 is 0 Å².